The lowest BCUT2D eigenvalue weighted by atomic mass is 9.88. The number of hydrogen-bond acceptors (Lipinski definition) is 3. The number of nitrogens with two attached hydrogens (primary N) is 1. The maximum absolute atomic E-state index is 13.1. The van der Waals surface area contributed by atoms with Gasteiger partial charge in [0.15, 0.2) is 0 Å². The number of aromatic nitrogens is 1. The zero-order valence-corrected chi connectivity index (χ0v) is 11.0. The van der Waals surface area contributed by atoms with Crippen LogP contribution >= 0.6 is 0 Å². The summed E-state index contributed by atoms with van der Waals surface area (Å²) >= 11 is 0. The lowest BCUT2D eigenvalue weighted by molar-refractivity contribution is -0.138. The Hall–Kier alpha value is -2.08. The van der Waals surface area contributed by atoms with Crippen molar-refractivity contribution in [3.8, 4) is 5.75 Å². The van der Waals surface area contributed by atoms with Gasteiger partial charge in [0, 0.05) is 35.5 Å². The lowest BCUT2D eigenvalue weighted by Gasteiger charge is -2.22. The monoisotopic (exact) mass is 294 g/mol. The summed E-state index contributed by atoms with van der Waals surface area (Å²) in [4.78, 5) is 3.79. The van der Waals surface area contributed by atoms with Crippen molar-refractivity contribution < 1.29 is 17.9 Å². The summed E-state index contributed by atoms with van der Waals surface area (Å²) in [5.41, 5.74) is 6.18. The number of benzene rings is 1. The largest absolute Gasteiger partial charge is 0.493 e. The van der Waals surface area contributed by atoms with Crippen LogP contribution in [0.4, 0.5) is 13.2 Å². The molecule has 3 rings (SSSR count). The van der Waals surface area contributed by atoms with Crippen molar-refractivity contribution in [1.82, 2.24) is 4.98 Å². The van der Waals surface area contributed by atoms with Gasteiger partial charge in [-0.25, -0.2) is 0 Å². The highest BCUT2D eigenvalue weighted by atomic mass is 19.4. The fourth-order valence-corrected chi connectivity index (χ4v) is 2.63. The normalized spacial score (nSPS) is 19.0. The maximum atomic E-state index is 13.1. The quantitative estimate of drug-likeness (QED) is 0.924. The standard InChI is InChI=1S/C15H13F3N2O/c16-15(17,18)12-5-6-20-7-10(12)14(19)11-8-21-13-4-2-1-3-9(11)13/h1-7,11,14H,8,19H2. The van der Waals surface area contributed by atoms with Crippen LogP contribution in [0.15, 0.2) is 42.7 Å². The van der Waals surface area contributed by atoms with Crippen LogP contribution in [0, 0.1) is 0 Å². The minimum absolute atomic E-state index is 0.00435. The molecule has 2 unspecified atom stereocenters. The van der Waals surface area contributed by atoms with E-state index in [2.05, 4.69) is 4.98 Å². The second-order valence-electron chi connectivity index (χ2n) is 4.94. The molecule has 1 aliphatic heterocycles. The van der Waals surface area contributed by atoms with Gasteiger partial charge < -0.3 is 10.5 Å². The fraction of sp³-hybridized carbons (Fsp3) is 0.267. The zero-order valence-electron chi connectivity index (χ0n) is 11.0. The van der Waals surface area contributed by atoms with E-state index >= 15 is 0 Å². The third kappa shape index (κ3) is 2.47. The first kappa shape index (κ1) is 13.9. The second kappa shape index (κ2) is 5.04. The number of alkyl halides is 3. The molecular formula is C15H13F3N2O. The fourth-order valence-electron chi connectivity index (χ4n) is 2.63. The first-order valence-electron chi connectivity index (χ1n) is 6.47. The van der Waals surface area contributed by atoms with Gasteiger partial charge in [-0.2, -0.15) is 13.2 Å². The van der Waals surface area contributed by atoms with E-state index in [1.807, 2.05) is 18.2 Å². The van der Waals surface area contributed by atoms with Gasteiger partial charge in [0.05, 0.1) is 12.2 Å². The molecule has 110 valence electrons. The van der Waals surface area contributed by atoms with E-state index in [4.69, 9.17) is 10.5 Å². The number of nitrogens with zero attached hydrogens (tertiary/aromatic N) is 1. The number of hydrogen-bond donors (Lipinski definition) is 1. The summed E-state index contributed by atoms with van der Waals surface area (Å²) in [5.74, 6) is 0.363. The van der Waals surface area contributed by atoms with Gasteiger partial charge in [0.2, 0.25) is 0 Å². The van der Waals surface area contributed by atoms with E-state index in [9.17, 15) is 13.2 Å². The van der Waals surface area contributed by atoms with Crippen LogP contribution < -0.4 is 10.5 Å². The van der Waals surface area contributed by atoms with Crippen LogP contribution in [0.3, 0.4) is 0 Å². The highest BCUT2D eigenvalue weighted by molar-refractivity contribution is 5.43. The predicted octanol–water partition coefficient (Wildman–Crippen LogP) is 3.28. The van der Waals surface area contributed by atoms with Crippen molar-refractivity contribution in [3.05, 3.63) is 59.4 Å². The smallest absolute Gasteiger partial charge is 0.416 e. The molecule has 0 amide bonds. The molecule has 1 aromatic carbocycles. The first-order chi connectivity index (χ1) is 9.98. The molecule has 1 aromatic heterocycles. The van der Waals surface area contributed by atoms with Crippen LogP contribution in [0.5, 0.6) is 5.75 Å². The molecular weight excluding hydrogens is 281 g/mol. The lowest BCUT2D eigenvalue weighted by Crippen LogP contribution is -2.24. The Bertz CT molecular complexity index is 657. The molecule has 0 radical (unpaired) electrons. The van der Waals surface area contributed by atoms with Crippen LogP contribution in [0.2, 0.25) is 0 Å². The molecule has 2 N–H and O–H groups in total. The number of para-hydroxylation sites is 1. The Morgan fingerprint density at radius 2 is 2.00 bits per heavy atom. The number of rotatable bonds is 2. The van der Waals surface area contributed by atoms with Gasteiger partial charge >= 0.3 is 6.18 Å². The SMILES string of the molecule is NC(c1cnccc1C(F)(F)F)C1COc2ccccc21. The van der Waals surface area contributed by atoms with Crippen molar-refractivity contribution in [1.29, 1.82) is 0 Å². The van der Waals surface area contributed by atoms with E-state index in [1.165, 1.54) is 6.20 Å². The summed E-state index contributed by atoms with van der Waals surface area (Å²) in [6.07, 6.45) is -2.14. The van der Waals surface area contributed by atoms with Crippen molar-refractivity contribution >= 4 is 0 Å². The van der Waals surface area contributed by atoms with Gasteiger partial charge in [0.25, 0.3) is 0 Å². The van der Waals surface area contributed by atoms with Gasteiger partial charge in [-0.05, 0) is 12.1 Å². The highest BCUT2D eigenvalue weighted by Gasteiger charge is 2.38. The summed E-state index contributed by atoms with van der Waals surface area (Å²) in [6.45, 7) is 0.271. The van der Waals surface area contributed by atoms with Crippen molar-refractivity contribution in [2.75, 3.05) is 6.61 Å². The molecule has 21 heavy (non-hydrogen) atoms. The summed E-state index contributed by atoms with van der Waals surface area (Å²) < 4.78 is 44.7. The molecule has 2 heterocycles. The molecule has 0 fully saturated rings. The Morgan fingerprint density at radius 1 is 1.24 bits per heavy atom. The molecule has 3 nitrogen and oxygen atoms in total. The average molecular weight is 294 g/mol. The first-order valence-corrected chi connectivity index (χ1v) is 6.47. The van der Waals surface area contributed by atoms with Gasteiger partial charge in [0.1, 0.15) is 5.75 Å². The molecule has 0 spiro atoms. The van der Waals surface area contributed by atoms with Crippen LogP contribution in [0.1, 0.15) is 28.7 Å². The van der Waals surface area contributed by atoms with Crippen molar-refractivity contribution in [2.24, 2.45) is 5.73 Å². The Balaban J connectivity index is 2.00. The molecule has 2 aromatic rings. The number of fused-ring (bicyclic) bond motifs is 1. The van der Waals surface area contributed by atoms with Gasteiger partial charge in [-0.15, -0.1) is 0 Å². The van der Waals surface area contributed by atoms with E-state index in [0.29, 0.717) is 5.75 Å². The number of halogens is 3. The van der Waals surface area contributed by atoms with Gasteiger partial charge in [-0.1, -0.05) is 18.2 Å². The summed E-state index contributed by atoms with van der Waals surface area (Å²) in [6, 6.07) is 7.39. The predicted molar refractivity (Wildman–Crippen MR) is 70.8 cm³/mol. The molecule has 0 bridgehead atoms. The van der Waals surface area contributed by atoms with E-state index in [-0.39, 0.29) is 18.1 Å². The molecule has 2 atom stereocenters. The minimum atomic E-state index is -4.45. The summed E-state index contributed by atoms with van der Waals surface area (Å²) in [5, 5.41) is 0. The highest BCUT2D eigenvalue weighted by Crippen LogP contribution is 2.42. The Morgan fingerprint density at radius 3 is 2.76 bits per heavy atom. The zero-order chi connectivity index (χ0) is 15.0. The topological polar surface area (TPSA) is 48.1 Å². The maximum Gasteiger partial charge on any atom is 0.416 e. The van der Waals surface area contributed by atoms with E-state index in [1.54, 1.807) is 6.07 Å². The molecule has 0 saturated heterocycles. The summed E-state index contributed by atoms with van der Waals surface area (Å²) in [7, 11) is 0. The van der Waals surface area contributed by atoms with Crippen molar-refractivity contribution in [2.45, 2.75) is 18.1 Å². The van der Waals surface area contributed by atoms with Crippen molar-refractivity contribution in [3.63, 3.8) is 0 Å². The minimum Gasteiger partial charge on any atom is -0.493 e. The van der Waals surface area contributed by atoms with E-state index in [0.717, 1.165) is 17.8 Å². The molecule has 6 heteroatoms. The average Bonchev–Trinajstić information content (AvgIpc) is 2.89. The van der Waals surface area contributed by atoms with Crippen LogP contribution in [-0.2, 0) is 6.18 Å². The Kier molecular flexibility index (Phi) is 3.33. The van der Waals surface area contributed by atoms with Gasteiger partial charge in [-0.3, -0.25) is 4.98 Å². The van der Waals surface area contributed by atoms with E-state index < -0.39 is 17.8 Å². The second-order valence-corrected chi connectivity index (χ2v) is 4.94. The van der Waals surface area contributed by atoms with Crippen LogP contribution in [0.25, 0.3) is 0 Å². The third-order valence-electron chi connectivity index (χ3n) is 3.69. The Labute approximate surface area is 119 Å². The molecule has 0 aliphatic carbocycles. The molecule has 1 aliphatic rings. The third-order valence-corrected chi connectivity index (χ3v) is 3.69. The number of ether oxygens (including phenoxy) is 1. The molecule has 0 saturated carbocycles. The van der Waals surface area contributed by atoms with Crippen LogP contribution in [-0.4, -0.2) is 11.6 Å². The number of pyridine rings is 1.